The van der Waals surface area contributed by atoms with E-state index in [0.717, 1.165) is 69.3 Å². The van der Waals surface area contributed by atoms with Crippen molar-refractivity contribution in [3.63, 3.8) is 0 Å². The van der Waals surface area contributed by atoms with Crippen LogP contribution in [0.25, 0.3) is 0 Å². The molecule has 1 aliphatic heterocycles. The Kier molecular flexibility index (Phi) is 4.55. The first kappa shape index (κ1) is 17.1. The summed E-state index contributed by atoms with van der Waals surface area (Å²) >= 11 is 0. The molecule has 0 bridgehead atoms. The number of hydrogen-bond donors (Lipinski definition) is 0. The van der Waals surface area contributed by atoms with Gasteiger partial charge in [-0.1, -0.05) is 5.16 Å². The molecule has 0 N–H and O–H groups in total. The molecule has 0 radical (unpaired) electrons. The summed E-state index contributed by atoms with van der Waals surface area (Å²) in [5, 5.41) is 8.80. The number of hydrogen-bond acceptors (Lipinski definition) is 6. The van der Waals surface area contributed by atoms with Crippen LogP contribution in [0.3, 0.4) is 0 Å². The second kappa shape index (κ2) is 7.19. The largest absolute Gasteiger partial charge is 0.339 e. The molecule has 3 aliphatic rings. The van der Waals surface area contributed by atoms with Crippen molar-refractivity contribution in [1.82, 2.24) is 24.8 Å². The first-order valence-electron chi connectivity index (χ1n) is 10.4. The summed E-state index contributed by atoms with van der Waals surface area (Å²) in [6.45, 7) is 3.53. The molecule has 1 saturated heterocycles. The topological polar surface area (TPSA) is 77.0 Å². The summed E-state index contributed by atoms with van der Waals surface area (Å²) in [5.74, 6) is 2.65. The molecule has 0 aromatic carbocycles. The van der Waals surface area contributed by atoms with Crippen LogP contribution < -0.4 is 5.56 Å². The third kappa shape index (κ3) is 3.83. The van der Waals surface area contributed by atoms with Gasteiger partial charge in [0.25, 0.3) is 5.56 Å². The fourth-order valence-electron chi connectivity index (χ4n) is 4.33. The summed E-state index contributed by atoms with van der Waals surface area (Å²) in [6, 6.07) is 1.82. The van der Waals surface area contributed by atoms with E-state index in [1.807, 2.05) is 6.07 Å². The Morgan fingerprint density at radius 1 is 1.11 bits per heavy atom. The zero-order valence-electron chi connectivity index (χ0n) is 15.8. The van der Waals surface area contributed by atoms with E-state index < -0.39 is 0 Å². The van der Waals surface area contributed by atoms with Gasteiger partial charge in [-0.05, 0) is 75.9 Å². The van der Waals surface area contributed by atoms with E-state index in [1.165, 1.54) is 31.2 Å². The minimum Gasteiger partial charge on any atom is -0.339 e. The summed E-state index contributed by atoms with van der Waals surface area (Å²) in [6.07, 6.45) is 8.93. The fourth-order valence-corrected chi connectivity index (χ4v) is 4.33. The van der Waals surface area contributed by atoms with Crippen LogP contribution in [0.15, 0.2) is 15.4 Å². The Labute approximate surface area is 158 Å². The van der Waals surface area contributed by atoms with Gasteiger partial charge in [0.05, 0.1) is 12.2 Å². The van der Waals surface area contributed by atoms with Crippen LogP contribution in [0.1, 0.15) is 67.4 Å². The second-order valence-corrected chi connectivity index (χ2v) is 8.39. The van der Waals surface area contributed by atoms with Crippen molar-refractivity contribution in [3.8, 4) is 0 Å². The van der Waals surface area contributed by atoms with E-state index in [9.17, 15) is 4.79 Å². The lowest BCUT2D eigenvalue weighted by atomic mass is 9.96. The van der Waals surface area contributed by atoms with Crippen molar-refractivity contribution in [2.45, 2.75) is 70.4 Å². The van der Waals surface area contributed by atoms with Crippen molar-refractivity contribution < 1.29 is 4.52 Å². The van der Waals surface area contributed by atoms with Crippen LogP contribution in [0.2, 0.25) is 0 Å². The van der Waals surface area contributed by atoms with Crippen molar-refractivity contribution in [2.24, 2.45) is 5.92 Å². The Balaban J connectivity index is 1.16. The highest BCUT2D eigenvalue weighted by Gasteiger charge is 2.30. The average molecular weight is 369 g/mol. The Morgan fingerprint density at radius 3 is 2.74 bits per heavy atom. The second-order valence-electron chi connectivity index (χ2n) is 8.39. The number of piperidine rings is 1. The van der Waals surface area contributed by atoms with Crippen molar-refractivity contribution in [2.75, 3.05) is 13.1 Å². The molecule has 5 rings (SSSR count). The van der Waals surface area contributed by atoms with Gasteiger partial charge < -0.3 is 4.52 Å². The molecular formula is C20H27N5O2. The first-order chi connectivity index (χ1) is 13.2. The molecule has 2 aromatic heterocycles. The number of aromatic nitrogens is 4. The maximum Gasteiger partial charge on any atom is 0.267 e. The van der Waals surface area contributed by atoms with Gasteiger partial charge in [0.1, 0.15) is 0 Å². The third-order valence-corrected chi connectivity index (χ3v) is 6.19. The smallest absolute Gasteiger partial charge is 0.267 e. The number of likely N-dealkylation sites (tertiary alicyclic amines) is 1. The SMILES string of the molecule is O=c1cc2c(nn1CC1CCN(Cc3noc(C4CC4)n3)CC1)CCCC2. The number of aryl methyl sites for hydroxylation is 2. The minimum atomic E-state index is 0.0671. The van der Waals surface area contributed by atoms with Gasteiger partial charge in [-0.15, -0.1) is 0 Å². The summed E-state index contributed by atoms with van der Waals surface area (Å²) in [5.41, 5.74) is 2.38. The highest BCUT2D eigenvalue weighted by atomic mass is 16.5. The highest BCUT2D eigenvalue weighted by molar-refractivity contribution is 5.20. The van der Waals surface area contributed by atoms with Crippen LogP contribution in [0.5, 0.6) is 0 Å². The molecule has 0 atom stereocenters. The Morgan fingerprint density at radius 2 is 1.93 bits per heavy atom. The molecule has 27 heavy (non-hydrogen) atoms. The predicted molar refractivity (Wildman–Crippen MR) is 99.4 cm³/mol. The van der Waals surface area contributed by atoms with Gasteiger partial charge in [-0.25, -0.2) is 4.68 Å². The van der Waals surface area contributed by atoms with E-state index in [4.69, 9.17) is 4.52 Å². The van der Waals surface area contributed by atoms with Crippen molar-refractivity contribution in [1.29, 1.82) is 0 Å². The molecule has 2 fully saturated rings. The molecule has 7 nitrogen and oxygen atoms in total. The van der Waals surface area contributed by atoms with Gasteiger partial charge in [-0.2, -0.15) is 10.1 Å². The lowest BCUT2D eigenvalue weighted by Crippen LogP contribution is -2.37. The van der Waals surface area contributed by atoms with E-state index in [2.05, 4.69) is 20.1 Å². The highest BCUT2D eigenvalue weighted by Crippen LogP contribution is 2.38. The lowest BCUT2D eigenvalue weighted by Gasteiger charge is -2.31. The summed E-state index contributed by atoms with van der Waals surface area (Å²) < 4.78 is 7.07. The molecule has 3 heterocycles. The van der Waals surface area contributed by atoms with Crippen LogP contribution in [-0.2, 0) is 25.9 Å². The fraction of sp³-hybridized carbons (Fsp3) is 0.700. The van der Waals surface area contributed by atoms with Crippen LogP contribution >= 0.6 is 0 Å². The van der Waals surface area contributed by atoms with Gasteiger partial charge in [0.15, 0.2) is 5.82 Å². The number of rotatable bonds is 5. The Hall–Kier alpha value is -2.02. The molecule has 144 valence electrons. The maximum atomic E-state index is 12.4. The molecule has 0 amide bonds. The Bertz CT molecular complexity index is 861. The van der Waals surface area contributed by atoms with E-state index in [0.29, 0.717) is 11.8 Å². The number of nitrogens with zero attached hydrogens (tertiary/aromatic N) is 5. The van der Waals surface area contributed by atoms with E-state index in [1.54, 1.807) is 4.68 Å². The van der Waals surface area contributed by atoms with Gasteiger partial charge in [0, 0.05) is 18.5 Å². The normalized spacial score (nSPS) is 21.3. The maximum absolute atomic E-state index is 12.4. The number of fused-ring (bicyclic) bond motifs is 1. The quantitative estimate of drug-likeness (QED) is 0.805. The zero-order chi connectivity index (χ0) is 18.2. The molecule has 7 heteroatoms. The molecular weight excluding hydrogens is 342 g/mol. The van der Waals surface area contributed by atoms with Gasteiger partial charge >= 0.3 is 0 Å². The molecule has 0 unspecified atom stereocenters. The third-order valence-electron chi connectivity index (χ3n) is 6.19. The van der Waals surface area contributed by atoms with Crippen molar-refractivity contribution in [3.05, 3.63) is 39.4 Å². The standard InChI is InChI=1S/C20H27N5O2/c26-19-11-16-3-1-2-4-17(16)22-25(19)12-14-7-9-24(10-8-14)13-18-21-20(27-23-18)15-5-6-15/h11,14-15H,1-10,12-13H2. The van der Waals surface area contributed by atoms with Gasteiger partial charge in [-0.3, -0.25) is 9.69 Å². The van der Waals surface area contributed by atoms with Gasteiger partial charge in [0.2, 0.25) is 5.89 Å². The lowest BCUT2D eigenvalue weighted by molar-refractivity contribution is 0.159. The van der Waals surface area contributed by atoms with E-state index in [-0.39, 0.29) is 5.56 Å². The zero-order valence-corrected chi connectivity index (χ0v) is 15.8. The predicted octanol–water partition coefficient (Wildman–Crippen LogP) is 2.29. The monoisotopic (exact) mass is 369 g/mol. The van der Waals surface area contributed by atoms with Crippen LogP contribution in [0.4, 0.5) is 0 Å². The molecule has 2 aromatic rings. The first-order valence-corrected chi connectivity index (χ1v) is 10.4. The average Bonchev–Trinajstić information content (AvgIpc) is 3.43. The van der Waals surface area contributed by atoms with E-state index >= 15 is 0 Å². The molecule has 1 saturated carbocycles. The minimum absolute atomic E-state index is 0.0671. The van der Waals surface area contributed by atoms with Crippen LogP contribution in [0, 0.1) is 5.92 Å². The summed E-state index contributed by atoms with van der Waals surface area (Å²) in [4.78, 5) is 19.3. The molecule has 0 spiro atoms. The van der Waals surface area contributed by atoms with Crippen molar-refractivity contribution >= 4 is 0 Å². The van der Waals surface area contributed by atoms with Crippen LogP contribution in [-0.4, -0.2) is 37.9 Å². The molecule has 2 aliphatic carbocycles. The summed E-state index contributed by atoms with van der Waals surface area (Å²) in [7, 11) is 0.